The molecule has 0 aliphatic carbocycles. The van der Waals surface area contributed by atoms with Crippen LogP contribution in [0.5, 0.6) is 0 Å². The van der Waals surface area contributed by atoms with Gasteiger partial charge in [0.25, 0.3) is 0 Å². The first-order chi connectivity index (χ1) is 6.55. The van der Waals surface area contributed by atoms with Crippen molar-refractivity contribution in [2.24, 2.45) is 0 Å². The lowest BCUT2D eigenvalue weighted by Gasteiger charge is -2.18. The zero-order chi connectivity index (χ0) is 10.2. The van der Waals surface area contributed by atoms with Crippen molar-refractivity contribution in [3.63, 3.8) is 0 Å². The van der Waals surface area contributed by atoms with Gasteiger partial charge in [0.15, 0.2) is 0 Å². The molecule has 0 N–H and O–H groups in total. The van der Waals surface area contributed by atoms with E-state index < -0.39 is 0 Å². The third kappa shape index (κ3) is 2.44. The van der Waals surface area contributed by atoms with Gasteiger partial charge in [0.1, 0.15) is 6.33 Å². The van der Waals surface area contributed by atoms with E-state index in [-0.39, 0.29) is 5.60 Å². The maximum Gasteiger partial charge on any atom is 0.211 e. The topological polar surface area (TPSA) is 39.9 Å². The number of hydrogen-bond donors (Lipinski definition) is 0. The lowest BCUT2D eigenvalue weighted by atomic mass is 10.1. The Labute approximate surface area is 97.2 Å². The summed E-state index contributed by atoms with van der Waals surface area (Å²) in [5, 5.41) is 4.23. The zero-order valence-electron chi connectivity index (χ0n) is 8.40. The minimum atomic E-state index is 0.0401. The maximum absolute atomic E-state index is 5.87. The Morgan fingerprint density at radius 3 is 3.00 bits per heavy atom. The highest BCUT2D eigenvalue weighted by molar-refractivity contribution is 14.1. The Hall–Kier alpha value is -0.170. The molecule has 1 aliphatic heterocycles. The highest BCUT2D eigenvalue weighted by atomic mass is 127. The molecular weight excluding hydrogens is 293 g/mol. The van der Waals surface area contributed by atoms with Gasteiger partial charge >= 0.3 is 0 Å². The average Bonchev–Trinajstić information content (AvgIpc) is 2.59. The smallest absolute Gasteiger partial charge is 0.211 e. The standard InChI is InChI=1S/C9H14IN3O/c1-9(2)4-3-7(14-9)5-13-6-11-8(10)12-13/h6-7H,3-5H2,1-2H3. The van der Waals surface area contributed by atoms with E-state index in [1.807, 2.05) is 4.68 Å². The van der Waals surface area contributed by atoms with Crippen LogP contribution in [0, 0.1) is 3.83 Å². The third-order valence-electron chi connectivity index (χ3n) is 2.45. The first kappa shape index (κ1) is 10.4. The fourth-order valence-electron chi connectivity index (χ4n) is 1.77. The summed E-state index contributed by atoms with van der Waals surface area (Å²) in [6, 6.07) is 0. The van der Waals surface area contributed by atoms with Crippen molar-refractivity contribution in [2.45, 2.75) is 44.9 Å². The molecule has 1 fully saturated rings. The largest absolute Gasteiger partial charge is 0.370 e. The van der Waals surface area contributed by atoms with Gasteiger partial charge in [0.2, 0.25) is 3.83 Å². The highest BCUT2D eigenvalue weighted by Crippen LogP contribution is 2.29. The molecule has 1 atom stereocenters. The van der Waals surface area contributed by atoms with Crippen molar-refractivity contribution in [2.75, 3.05) is 0 Å². The van der Waals surface area contributed by atoms with E-state index in [0.29, 0.717) is 6.10 Å². The molecule has 0 amide bonds. The van der Waals surface area contributed by atoms with Crippen LogP contribution in [0.2, 0.25) is 0 Å². The summed E-state index contributed by atoms with van der Waals surface area (Å²) in [6.07, 6.45) is 4.30. The van der Waals surface area contributed by atoms with Crippen molar-refractivity contribution >= 4 is 22.6 Å². The quantitative estimate of drug-likeness (QED) is 0.783. The fraction of sp³-hybridized carbons (Fsp3) is 0.778. The first-order valence-electron chi connectivity index (χ1n) is 4.78. The molecule has 1 aromatic heterocycles. The highest BCUT2D eigenvalue weighted by Gasteiger charge is 2.31. The van der Waals surface area contributed by atoms with E-state index in [0.717, 1.165) is 23.2 Å². The monoisotopic (exact) mass is 307 g/mol. The molecule has 1 saturated heterocycles. The number of nitrogens with zero attached hydrogens (tertiary/aromatic N) is 3. The normalized spacial score (nSPS) is 25.5. The van der Waals surface area contributed by atoms with Crippen LogP contribution >= 0.6 is 22.6 Å². The lowest BCUT2D eigenvalue weighted by Crippen LogP contribution is -2.23. The van der Waals surface area contributed by atoms with Gasteiger partial charge in [-0.3, -0.25) is 0 Å². The molecule has 0 saturated carbocycles. The van der Waals surface area contributed by atoms with Crippen LogP contribution in [-0.4, -0.2) is 26.5 Å². The second-order valence-electron chi connectivity index (χ2n) is 4.27. The molecule has 0 bridgehead atoms. The van der Waals surface area contributed by atoms with Crippen molar-refractivity contribution in [1.82, 2.24) is 14.8 Å². The van der Waals surface area contributed by atoms with E-state index in [9.17, 15) is 0 Å². The van der Waals surface area contributed by atoms with Crippen LogP contribution in [0.15, 0.2) is 6.33 Å². The molecule has 2 heterocycles. The van der Waals surface area contributed by atoms with Crippen molar-refractivity contribution < 1.29 is 4.74 Å². The zero-order valence-corrected chi connectivity index (χ0v) is 10.6. The second-order valence-corrected chi connectivity index (χ2v) is 5.24. The van der Waals surface area contributed by atoms with Crippen LogP contribution in [-0.2, 0) is 11.3 Å². The van der Waals surface area contributed by atoms with Crippen LogP contribution in [0.25, 0.3) is 0 Å². The molecule has 0 radical (unpaired) electrons. The van der Waals surface area contributed by atoms with E-state index in [2.05, 4.69) is 46.5 Å². The van der Waals surface area contributed by atoms with Crippen LogP contribution in [0.3, 0.4) is 0 Å². The number of halogens is 1. The summed E-state index contributed by atoms with van der Waals surface area (Å²) in [5.74, 6) is 0. The lowest BCUT2D eigenvalue weighted by molar-refractivity contribution is -0.0230. The summed E-state index contributed by atoms with van der Waals surface area (Å²) >= 11 is 2.11. The van der Waals surface area contributed by atoms with E-state index >= 15 is 0 Å². The van der Waals surface area contributed by atoms with Gasteiger partial charge in [-0.25, -0.2) is 9.67 Å². The molecule has 1 unspecified atom stereocenters. The molecule has 1 aliphatic rings. The molecule has 78 valence electrons. The summed E-state index contributed by atoms with van der Waals surface area (Å²) in [5.41, 5.74) is 0.0401. The fourth-order valence-corrected chi connectivity index (χ4v) is 2.18. The Balaban J connectivity index is 1.94. The van der Waals surface area contributed by atoms with Gasteiger partial charge in [-0.1, -0.05) is 0 Å². The molecule has 4 nitrogen and oxygen atoms in total. The molecule has 2 rings (SSSR count). The number of aromatic nitrogens is 3. The summed E-state index contributed by atoms with van der Waals surface area (Å²) in [4.78, 5) is 4.08. The van der Waals surface area contributed by atoms with Gasteiger partial charge in [0.05, 0.1) is 18.2 Å². The average molecular weight is 307 g/mol. The van der Waals surface area contributed by atoms with Crippen LogP contribution in [0.1, 0.15) is 26.7 Å². The second kappa shape index (κ2) is 3.77. The van der Waals surface area contributed by atoms with E-state index in [1.165, 1.54) is 0 Å². The first-order valence-corrected chi connectivity index (χ1v) is 5.86. The SMILES string of the molecule is CC1(C)CCC(Cn2cnc(I)n2)O1. The predicted octanol–water partition coefficient (Wildman–Crippen LogP) is 1.84. The van der Waals surface area contributed by atoms with Gasteiger partial charge < -0.3 is 4.74 Å². The van der Waals surface area contributed by atoms with Crippen LogP contribution < -0.4 is 0 Å². The van der Waals surface area contributed by atoms with Crippen molar-refractivity contribution in [3.8, 4) is 0 Å². The Bertz CT molecular complexity index is 324. The molecule has 0 aromatic carbocycles. The van der Waals surface area contributed by atoms with Crippen LogP contribution in [0.4, 0.5) is 0 Å². The Morgan fingerprint density at radius 2 is 2.50 bits per heavy atom. The minimum absolute atomic E-state index is 0.0401. The minimum Gasteiger partial charge on any atom is -0.370 e. The van der Waals surface area contributed by atoms with Gasteiger partial charge in [-0.15, -0.1) is 5.10 Å². The number of hydrogen-bond acceptors (Lipinski definition) is 3. The van der Waals surface area contributed by atoms with Crippen molar-refractivity contribution in [1.29, 1.82) is 0 Å². The molecule has 1 aromatic rings. The molecular formula is C9H14IN3O. The maximum atomic E-state index is 5.87. The van der Waals surface area contributed by atoms with Gasteiger partial charge in [-0.2, -0.15) is 0 Å². The predicted molar refractivity (Wildman–Crippen MR) is 60.9 cm³/mol. The summed E-state index contributed by atoms with van der Waals surface area (Å²) < 4.78 is 8.52. The number of ether oxygens (including phenoxy) is 1. The van der Waals surface area contributed by atoms with E-state index in [4.69, 9.17) is 4.74 Å². The molecule has 14 heavy (non-hydrogen) atoms. The van der Waals surface area contributed by atoms with Gasteiger partial charge in [-0.05, 0) is 26.7 Å². The Kier molecular flexibility index (Phi) is 2.79. The summed E-state index contributed by atoms with van der Waals surface area (Å²) in [6.45, 7) is 5.09. The Morgan fingerprint density at radius 1 is 1.71 bits per heavy atom. The number of rotatable bonds is 2. The van der Waals surface area contributed by atoms with Gasteiger partial charge in [0, 0.05) is 22.6 Å². The summed E-state index contributed by atoms with van der Waals surface area (Å²) in [7, 11) is 0. The third-order valence-corrected chi connectivity index (χ3v) is 2.95. The molecule has 0 spiro atoms. The van der Waals surface area contributed by atoms with E-state index in [1.54, 1.807) is 6.33 Å². The molecule has 5 heteroatoms. The van der Waals surface area contributed by atoms with Crippen molar-refractivity contribution in [3.05, 3.63) is 10.2 Å².